The molecule has 2 atom stereocenters. The van der Waals surface area contributed by atoms with Gasteiger partial charge < -0.3 is 10.1 Å². The Morgan fingerprint density at radius 2 is 2.19 bits per heavy atom. The molecular weight excluding hydrogens is 260 g/mol. The van der Waals surface area contributed by atoms with Crippen molar-refractivity contribution in [2.24, 2.45) is 0 Å². The minimum Gasteiger partial charge on any atom is -0.377 e. The van der Waals surface area contributed by atoms with Crippen LogP contribution in [0.1, 0.15) is 31.7 Å². The Morgan fingerprint density at radius 1 is 1.29 bits per heavy atom. The van der Waals surface area contributed by atoms with Crippen molar-refractivity contribution in [2.45, 2.75) is 44.8 Å². The Labute approximate surface area is 126 Å². The Hall–Kier alpha value is -1.45. The first kappa shape index (κ1) is 14.5. The number of hydrogen-bond donors (Lipinski definition) is 1. The van der Waals surface area contributed by atoms with Crippen LogP contribution in [0.4, 0.5) is 0 Å². The van der Waals surface area contributed by atoms with Crippen LogP contribution >= 0.6 is 0 Å². The first-order chi connectivity index (χ1) is 10.4. The molecule has 1 aliphatic rings. The Bertz CT molecular complexity index is 573. The molecular formula is C18H24N2O. The second-order valence-electron chi connectivity index (χ2n) is 5.76. The van der Waals surface area contributed by atoms with Gasteiger partial charge in [0, 0.05) is 24.2 Å². The third-order valence-electron chi connectivity index (χ3n) is 4.31. The number of aromatic nitrogens is 1. The number of pyridine rings is 1. The van der Waals surface area contributed by atoms with Crippen LogP contribution in [0, 0.1) is 0 Å². The van der Waals surface area contributed by atoms with E-state index in [4.69, 9.17) is 4.74 Å². The lowest BCUT2D eigenvalue weighted by Gasteiger charge is -2.31. The monoisotopic (exact) mass is 284 g/mol. The van der Waals surface area contributed by atoms with Gasteiger partial charge in [-0.05, 0) is 49.9 Å². The molecule has 3 heteroatoms. The number of nitrogens with one attached hydrogen (secondary N) is 1. The topological polar surface area (TPSA) is 34.2 Å². The average molecular weight is 284 g/mol. The first-order valence-electron chi connectivity index (χ1n) is 8.06. The van der Waals surface area contributed by atoms with Crippen LogP contribution < -0.4 is 5.32 Å². The first-order valence-corrected chi connectivity index (χ1v) is 8.06. The van der Waals surface area contributed by atoms with Crippen LogP contribution in [0.25, 0.3) is 10.9 Å². The molecule has 2 heterocycles. The highest BCUT2D eigenvalue weighted by Gasteiger charge is 2.24. The highest BCUT2D eigenvalue weighted by molar-refractivity contribution is 5.81. The molecule has 0 spiro atoms. The summed E-state index contributed by atoms with van der Waals surface area (Å²) >= 11 is 0. The minimum absolute atomic E-state index is 0.339. The molecule has 1 aliphatic heterocycles. The van der Waals surface area contributed by atoms with Crippen LogP contribution in [0.3, 0.4) is 0 Å². The van der Waals surface area contributed by atoms with Crippen molar-refractivity contribution in [3.8, 4) is 0 Å². The van der Waals surface area contributed by atoms with E-state index in [0.717, 1.165) is 25.1 Å². The number of hydrogen-bond acceptors (Lipinski definition) is 3. The molecule has 3 rings (SSSR count). The van der Waals surface area contributed by atoms with Gasteiger partial charge in [-0.25, -0.2) is 0 Å². The third-order valence-corrected chi connectivity index (χ3v) is 4.31. The fourth-order valence-corrected chi connectivity index (χ4v) is 3.25. The number of rotatable bonds is 5. The Balaban J connectivity index is 1.83. The molecule has 0 amide bonds. The highest BCUT2D eigenvalue weighted by atomic mass is 16.5. The van der Waals surface area contributed by atoms with Crippen molar-refractivity contribution in [1.29, 1.82) is 0 Å². The van der Waals surface area contributed by atoms with E-state index in [1.807, 2.05) is 12.3 Å². The zero-order valence-electron chi connectivity index (χ0n) is 12.7. The normalized spacial score (nSPS) is 20.5. The number of fused-ring (bicyclic) bond motifs is 1. The van der Waals surface area contributed by atoms with Gasteiger partial charge in [-0.2, -0.15) is 0 Å². The van der Waals surface area contributed by atoms with Crippen LogP contribution in [0.15, 0.2) is 36.5 Å². The predicted octanol–water partition coefficient (Wildman–Crippen LogP) is 3.32. The van der Waals surface area contributed by atoms with Gasteiger partial charge in [-0.1, -0.05) is 25.1 Å². The minimum atomic E-state index is 0.339. The lowest BCUT2D eigenvalue weighted by molar-refractivity contribution is -0.00703. The van der Waals surface area contributed by atoms with Crippen molar-refractivity contribution >= 4 is 10.9 Å². The van der Waals surface area contributed by atoms with Crippen molar-refractivity contribution in [1.82, 2.24) is 10.3 Å². The maximum atomic E-state index is 6.00. The molecule has 21 heavy (non-hydrogen) atoms. The van der Waals surface area contributed by atoms with E-state index in [2.05, 4.69) is 41.5 Å². The molecule has 0 bridgehead atoms. The smallest absolute Gasteiger partial charge is 0.0731 e. The summed E-state index contributed by atoms with van der Waals surface area (Å²) in [7, 11) is 0. The van der Waals surface area contributed by atoms with E-state index in [9.17, 15) is 0 Å². The Kier molecular flexibility index (Phi) is 4.84. The van der Waals surface area contributed by atoms with Gasteiger partial charge in [-0.3, -0.25) is 4.98 Å². The van der Waals surface area contributed by atoms with Gasteiger partial charge >= 0.3 is 0 Å². The van der Waals surface area contributed by atoms with Crippen LogP contribution in [-0.2, 0) is 11.2 Å². The summed E-state index contributed by atoms with van der Waals surface area (Å²) in [6.07, 6.45) is 6.91. The summed E-state index contributed by atoms with van der Waals surface area (Å²) in [6.45, 7) is 4.05. The molecule has 0 aliphatic carbocycles. The molecule has 1 aromatic heterocycles. The number of benzene rings is 1. The van der Waals surface area contributed by atoms with Gasteiger partial charge in [0.1, 0.15) is 0 Å². The predicted molar refractivity (Wildman–Crippen MR) is 86.5 cm³/mol. The van der Waals surface area contributed by atoms with E-state index in [0.29, 0.717) is 12.1 Å². The van der Waals surface area contributed by atoms with Crippen LogP contribution in [-0.4, -0.2) is 30.3 Å². The van der Waals surface area contributed by atoms with E-state index < -0.39 is 0 Å². The van der Waals surface area contributed by atoms with Crippen molar-refractivity contribution in [3.63, 3.8) is 0 Å². The lowest BCUT2D eigenvalue weighted by atomic mass is 9.94. The van der Waals surface area contributed by atoms with E-state index >= 15 is 0 Å². The maximum Gasteiger partial charge on any atom is 0.0731 e. The summed E-state index contributed by atoms with van der Waals surface area (Å²) in [6, 6.07) is 10.9. The molecule has 2 aromatic rings. The van der Waals surface area contributed by atoms with E-state index in [1.54, 1.807) is 0 Å². The number of ether oxygens (including phenoxy) is 1. The zero-order chi connectivity index (χ0) is 14.5. The van der Waals surface area contributed by atoms with Crippen LogP contribution in [0.5, 0.6) is 0 Å². The van der Waals surface area contributed by atoms with Gasteiger partial charge in [0.05, 0.1) is 11.6 Å². The highest BCUT2D eigenvalue weighted by Crippen LogP contribution is 2.22. The number of para-hydroxylation sites is 1. The van der Waals surface area contributed by atoms with E-state index in [1.165, 1.54) is 30.2 Å². The SMILES string of the molecule is CCNC(Cc1ccnc2ccccc12)C1CCCCO1. The third kappa shape index (κ3) is 3.42. The van der Waals surface area contributed by atoms with Gasteiger partial charge in [0.25, 0.3) is 0 Å². The quantitative estimate of drug-likeness (QED) is 0.914. The average Bonchev–Trinajstić information content (AvgIpc) is 2.55. The summed E-state index contributed by atoms with van der Waals surface area (Å²) in [5.74, 6) is 0. The molecule has 1 saturated heterocycles. The van der Waals surface area contributed by atoms with Gasteiger partial charge in [-0.15, -0.1) is 0 Å². The fourth-order valence-electron chi connectivity index (χ4n) is 3.25. The van der Waals surface area contributed by atoms with E-state index in [-0.39, 0.29) is 0 Å². The largest absolute Gasteiger partial charge is 0.377 e. The summed E-state index contributed by atoms with van der Waals surface area (Å²) in [4.78, 5) is 4.46. The summed E-state index contributed by atoms with van der Waals surface area (Å²) in [5.41, 5.74) is 2.44. The standard InChI is InChI=1S/C18H24N2O/c1-2-19-17(18-9-5-6-12-21-18)13-14-10-11-20-16-8-4-3-7-15(14)16/h3-4,7-8,10-11,17-19H,2,5-6,9,12-13H2,1H3. The molecule has 1 N–H and O–H groups in total. The zero-order valence-corrected chi connectivity index (χ0v) is 12.7. The van der Waals surface area contributed by atoms with Crippen molar-refractivity contribution in [2.75, 3.05) is 13.2 Å². The number of likely N-dealkylation sites (N-methyl/N-ethyl adjacent to an activating group) is 1. The molecule has 3 nitrogen and oxygen atoms in total. The molecule has 0 radical (unpaired) electrons. The lowest BCUT2D eigenvalue weighted by Crippen LogP contribution is -2.44. The maximum absolute atomic E-state index is 6.00. The van der Waals surface area contributed by atoms with Gasteiger partial charge in [0.15, 0.2) is 0 Å². The van der Waals surface area contributed by atoms with Crippen LogP contribution in [0.2, 0.25) is 0 Å². The molecule has 0 saturated carbocycles. The molecule has 1 aromatic carbocycles. The van der Waals surface area contributed by atoms with Crippen molar-refractivity contribution < 1.29 is 4.74 Å². The second kappa shape index (κ2) is 7.01. The molecule has 2 unspecified atom stereocenters. The fraction of sp³-hybridized carbons (Fsp3) is 0.500. The van der Waals surface area contributed by atoms with Gasteiger partial charge in [0.2, 0.25) is 0 Å². The summed E-state index contributed by atoms with van der Waals surface area (Å²) in [5, 5.41) is 4.88. The second-order valence-corrected chi connectivity index (χ2v) is 5.76. The van der Waals surface area contributed by atoms with Crippen molar-refractivity contribution in [3.05, 3.63) is 42.1 Å². The molecule has 1 fully saturated rings. The number of nitrogens with zero attached hydrogens (tertiary/aromatic N) is 1. The Morgan fingerprint density at radius 3 is 3.00 bits per heavy atom. The molecule has 112 valence electrons. The summed E-state index contributed by atoms with van der Waals surface area (Å²) < 4.78 is 6.00.